The lowest BCUT2D eigenvalue weighted by Crippen LogP contribution is -2.42. The van der Waals surface area contributed by atoms with Crippen LogP contribution in [0.15, 0.2) is 12.4 Å². The van der Waals surface area contributed by atoms with Crippen LogP contribution in [0.5, 0.6) is 0 Å². The maximum atomic E-state index is 12.2. The van der Waals surface area contributed by atoms with Crippen LogP contribution >= 0.6 is 0 Å². The Balaban J connectivity index is 1.82. The SMILES string of the molecule is COCCNCc1nccn1CC(=O)N1CCOCC1. The third-order valence-corrected chi connectivity index (χ3v) is 3.24. The molecule has 2 rings (SSSR count). The van der Waals surface area contributed by atoms with E-state index in [9.17, 15) is 4.79 Å². The number of hydrogen-bond donors (Lipinski definition) is 1. The summed E-state index contributed by atoms with van der Waals surface area (Å²) in [5.74, 6) is 0.979. The van der Waals surface area contributed by atoms with Crippen molar-refractivity contribution in [2.75, 3.05) is 46.6 Å². The fourth-order valence-electron chi connectivity index (χ4n) is 2.08. The highest BCUT2D eigenvalue weighted by atomic mass is 16.5. The van der Waals surface area contributed by atoms with Crippen molar-refractivity contribution >= 4 is 5.91 Å². The van der Waals surface area contributed by atoms with Gasteiger partial charge in [0.15, 0.2) is 0 Å². The average molecular weight is 282 g/mol. The van der Waals surface area contributed by atoms with Gasteiger partial charge in [-0.1, -0.05) is 0 Å². The topological polar surface area (TPSA) is 68.6 Å². The van der Waals surface area contributed by atoms with E-state index >= 15 is 0 Å². The van der Waals surface area contributed by atoms with Crippen LogP contribution in [-0.2, 0) is 27.4 Å². The Morgan fingerprint density at radius 2 is 2.30 bits per heavy atom. The van der Waals surface area contributed by atoms with Gasteiger partial charge in [-0.05, 0) is 0 Å². The largest absolute Gasteiger partial charge is 0.383 e. The van der Waals surface area contributed by atoms with Crippen molar-refractivity contribution in [2.45, 2.75) is 13.1 Å². The molecule has 0 aromatic carbocycles. The molecular formula is C13H22N4O3. The molecule has 1 fully saturated rings. The molecule has 0 aliphatic carbocycles. The quantitative estimate of drug-likeness (QED) is 0.681. The second kappa shape index (κ2) is 7.98. The molecule has 0 atom stereocenters. The summed E-state index contributed by atoms with van der Waals surface area (Å²) in [7, 11) is 1.67. The number of methoxy groups -OCH3 is 1. The first-order chi connectivity index (χ1) is 9.81. The number of morpholine rings is 1. The minimum absolute atomic E-state index is 0.115. The van der Waals surface area contributed by atoms with E-state index in [2.05, 4.69) is 10.3 Å². The Hall–Kier alpha value is -1.44. The molecule has 7 heteroatoms. The van der Waals surface area contributed by atoms with E-state index in [0.29, 0.717) is 46.0 Å². The van der Waals surface area contributed by atoms with E-state index in [1.54, 1.807) is 13.3 Å². The second-order valence-corrected chi connectivity index (χ2v) is 4.63. The molecule has 1 saturated heterocycles. The van der Waals surface area contributed by atoms with Gasteiger partial charge < -0.3 is 24.3 Å². The molecule has 7 nitrogen and oxygen atoms in total. The van der Waals surface area contributed by atoms with Crippen LogP contribution in [-0.4, -0.2) is 66.9 Å². The van der Waals surface area contributed by atoms with E-state index in [4.69, 9.17) is 9.47 Å². The van der Waals surface area contributed by atoms with Gasteiger partial charge in [0, 0.05) is 39.1 Å². The van der Waals surface area contributed by atoms with Crippen LogP contribution in [0.1, 0.15) is 5.82 Å². The van der Waals surface area contributed by atoms with E-state index in [1.807, 2.05) is 15.7 Å². The number of aromatic nitrogens is 2. The summed E-state index contributed by atoms with van der Waals surface area (Å²) >= 11 is 0. The zero-order valence-electron chi connectivity index (χ0n) is 11.9. The zero-order valence-corrected chi connectivity index (χ0v) is 11.9. The van der Waals surface area contributed by atoms with Crippen molar-refractivity contribution in [3.8, 4) is 0 Å². The fourth-order valence-corrected chi connectivity index (χ4v) is 2.08. The Morgan fingerprint density at radius 1 is 1.50 bits per heavy atom. The van der Waals surface area contributed by atoms with E-state index < -0.39 is 0 Å². The van der Waals surface area contributed by atoms with Crippen molar-refractivity contribution < 1.29 is 14.3 Å². The van der Waals surface area contributed by atoms with Gasteiger partial charge in [0.05, 0.1) is 26.4 Å². The molecule has 1 N–H and O–H groups in total. The van der Waals surface area contributed by atoms with Gasteiger partial charge in [0.25, 0.3) is 0 Å². The molecule has 0 unspecified atom stereocenters. The monoisotopic (exact) mass is 282 g/mol. The molecule has 1 aliphatic rings. The molecule has 0 bridgehead atoms. The van der Waals surface area contributed by atoms with Gasteiger partial charge in [-0.3, -0.25) is 4.79 Å². The lowest BCUT2D eigenvalue weighted by Gasteiger charge is -2.27. The average Bonchev–Trinajstić information content (AvgIpc) is 2.92. The van der Waals surface area contributed by atoms with Crippen LogP contribution < -0.4 is 5.32 Å². The number of carbonyl (C=O) groups is 1. The standard InChI is InChI=1S/C13H22N4O3/c1-19-7-3-14-10-12-15-2-4-17(12)11-13(18)16-5-8-20-9-6-16/h2,4,14H,3,5-11H2,1H3. The summed E-state index contributed by atoms with van der Waals surface area (Å²) < 4.78 is 12.1. The summed E-state index contributed by atoms with van der Waals surface area (Å²) in [6, 6.07) is 0. The predicted octanol–water partition coefficient (Wildman–Crippen LogP) is -0.522. The maximum Gasteiger partial charge on any atom is 0.242 e. The zero-order chi connectivity index (χ0) is 14.2. The number of hydrogen-bond acceptors (Lipinski definition) is 5. The van der Waals surface area contributed by atoms with Crippen molar-refractivity contribution in [3.05, 3.63) is 18.2 Å². The van der Waals surface area contributed by atoms with Crippen LogP contribution in [0.3, 0.4) is 0 Å². The number of nitrogens with one attached hydrogen (secondary N) is 1. The van der Waals surface area contributed by atoms with Crippen molar-refractivity contribution in [1.29, 1.82) is 0 Å². The molecule has 0 saturated carbocycles. The minimum Gasteiger partial charge on any atom is -0.383 e. The molecule has 1 aromatic rings. The first kappa shape index (κ1) is 15.0. The molecular weight excluding hydrogens is 260 g/mol. The third-order valence-electron chi connectivity index (χ3n) is 3.24. The van der Waals surface area contributed by atoms with Crippen molar-refractivity contribution in [1.82, 2.24) is 19.8 Å². The van der Waals surface area contributed by atoms with Crippen molar-refractivity contribution in [2.24, 2.45) is 0 Å². The van der Waals surface area contributed by atoms with Gasteiger partial charge in [0.2, 0.25) is 5.91 Å². The van der Waals surface area contributed by atoms with E-state index in [0.717, 1.165) is 12.4 Å². The highest BCUT2D eigenvalue weighted by Crippen LogP contribution is 2.02. The maximum absolute atomic E-state index is 12.2. The number of carbonyl (C=O) groups excluding carboxylic acids is 1. The van der Waals surface area contributed by atoms with Gasteiger partial charge >= 0.3 is 0 Å². The minimum atomic E-state index is 0.115. The molecule has 2 heterocycles. The van der Waals surface area contributed by atoms with Gasteiger partial charge in [-0.2, -0.15) is 0 Å². The Morgan fingerprint density at radius 3 is 3.05 bits per heavy atom. The number of nitrogens with zero attached hydrogens (tertiary/aromatic N) is 3. The molecule has 20 heavy (non-hydrogen) atoms. The van der Waals surface area contributed by atoms with Crippen molar-refractivity contribution in [3.63, 3.8) is 0 Å². The van der Waals surface area contributed by atoms with E-state index in [-0.39, 0.29) is 5.91 Å². The molecule has 0 radical (unpaired) electrons. The summed E-state index contributed by atoms with van der Waals surface area (Å²) in [4.78, 5) is 18.3. The van der Waals surface area contributed by atoms with Gasteiger partial charge in [-0.15, -0.1) is 0 Å². The molecule has 1 aliphatic heterocycles. The van der Waals surface area contributed by atoms with Crippen LogP contribution in [0, 0.1) is 0 Å². The number of rotatable bonds is 7. The Kier molecular flexibility index (Phi) is 5.97. The first-order valence-corrected chi connectivity index (χ1v) is 6.86. The number of amides is 1. The Bertz CT molecular complexity index is 416. The molecule has 1 amide bonds. The van der Waals surface area contributed by atoms with Crippen LogP contribution in [0.4, 0.5) is 0 Å². The van der Waals surface area contributed by atoms with E-state index in [1.165, 1.54) is 0 Å². The lowest BCUT2D eigenvalue weighted by atomic mass is 10.4. The first-order valence-electron chi connectivity index (χ1n) is 6.86. The summed E-state index contributed by atoms with van der Waals surface area (Å²) in [5, 5.41) is 3.23. The fraction of sp³-hybridized carbons (Fsp3) is 0.692. The number of ether oxygens (including phenoxy) is 2. The van der Waals surface area contributed by atoms with Crippen LogP contribution in [0.2, 0.25) is 0 Å². The number of imidazole rings is 1. The normalized spacial score (nSPS) is 15.6. The Labute approximate surface area is 118 Å². The van der Waals surface area contributed by atoms with Gasteiger partial charge in [-0.25, -0.2) is 4.98 Å². The van der Waals surface area contributed by atoms with Gasteiger partial charge in [0.1, 0.15) is 12.4 Å². The summed E-state index contributed by atoms with van der Waals surface area (Å²) in [6.45, 7) is 4.99. The third kappa shape index (κ3) is 4.29. The predicted molar refractivity (Wildman–Crippen MR) is 73.2 cm³/mol. The molecule has 1 aromatic heterocycles. The summed E-state index contributed by atoms with van der Waals surface area (Å²) in [5.41, 5.74) is 0. The smallest absolute Gasteiger partial charge is 0.242 e. The highest BCUT2D eigenvalue weighted by molar-refractivity contribution is 5.76. The molecule has 112 valence electrons. The second-order valence-electron chi connectivity index (χ2n) is 4.63. The van der Waals surface area contributed by atoms with Crippen LogP contribution in [0.25, 0.3) is 0 Å². The summed E-state index contributed by atoms with van der Waals surface area (Å²) in [6.07, 6.45) is 3.56. The lowest BCUT2D eigenvalue weighted by molar-refractivity contribution is -0.135. The molecule has 0 spiro atoms. The highest BCUT2D eigenvalue weighted by Gasteiger charge is 2.17.